The molecule has 1 amide bonds. The Balaban J connectivity index is 1.78. The lowest BCUT2D eigenvalue weighted by molar-refractivity contribution is -0.124. The number of hydrogen-bond donors (Lipinski definition) is 2. The molecule has 1 unspecified atom stereocenters. The van der Waals surface area contributed by atoms with Crippen molar-refractivity contribution in [3.05, 3.63) is 41.0 Å². The molecule has 0 aliphatic carbocycles. The molecule has 0 radical (unpaired) electrons. The highest BCUT2D eigenvalue weighted by molar-refractivity contribution is 5.92. The summed E-state index contributed by atoms with van der Waals surface area (Å²) in [5.74, 6) is -0.152. The minimum absolute atomic E-state index is 0.143. The maximum Gasteiger partial charge on any atom is 0.329 e. The molecule has 1 aromatic carbocycles. The molecule has 7 heteroatoms. The topological polar surface area (TPSA) is 71.3 Å². The molecule has 0 saturated carbocycles. The Morgan fingerprint density at radius 3 is 2.59 bits per heavy atom. The smallest absolute Gasteiger partial charge is 0.329 e. The summed E-state index contributed by atoms with van der Waals surface area (Å²) in [5.41, 5.74) is 3.37. The van der Waals surface area contributed by atoms with Gasteiger partial charge in [0.2, 0.25) is 5.91 Å². The number of rotatable bonds is 3. The van der Waals surface area contributed by atoms with Crippen LogP contribution in [0.3, 0.4) is 0 Å². The van der Waals surface area contributed by atoms with Crippen LogP contribution in [-0.4, -0.2) is 41.2 Å². The van der Waals surface area contributed by atoms with E-state index < -0.39 is 6.04 Å². The lowest BCUT2D eigenvalue weighted by Gasteiger charge is -2.34. The van der Waals surface area contributed by atoms with Crippen LogP contribution in [0.5, 0.6) is 0 Å². The Hall–Kier alpha value is -2.54. The average Bonchev–Trinajstić information content (AvgIpc) is 2.93. The van der Waals surface area contributed by atoms with Crippen LogP contribution < -0.4 is 21.2 Å². The van der Waals surface area contributed by atoms with Crippen molar-refractivity contribution in [3.63, 3.8) is 0 Å². The highest BCUT2D eigenvalue weighted by atomic mass is 16.2. The zero-order valence-corrected chi connectivity index (χ0v) is 16.0. The van der Waals surface area contributed by atoms with Gasteiger partial charge in [-0.15, -0.1) is 0 Å². The van der Waals surface area contributed by atoms with Crippen LogP contribution in [0.1, 0.15) is 31.7 Å². The second-order valence-corrected chi connectivity index (χ2v) is 7.55. The van der Waals surface area contributed by atoms with Gasteiger partial charge in [0, 0.05) is 31.9 Å². The highest BCUT2D eigenvalue weighted by Gasteiger charge is 2.30. The molecule has 1 aromatic heterocycles. The van der Waals surface area contributed by atoms with Crippen LogP contribution in [0.25, 0.3) is 11.0 Å². The minimum Gasteiger partial charge on any atom is -0.370 e. The predicted molar refractivity (Wildman–Crippen MR) is 107 cm³/mol. The van der Waals surface area contributed by atoms with Crippen molar-refractivity contribution in [2.24, 2.45) is 7.05 Å². The number of carbonyl (C=O) groups excluding carboxylic acids is 1. The molecule has 0 spiro atoms. The van der Waals surface area contributed by atoms with Gasteiger partial charge in [0.1, 0.15) is 6.04 Å². The van der Waals surface area contributed by atoms with Crippen LogP contribution in [0.2, 0.25) is 0 Å². The molecule has 2 fully saturated rings. The van der Waals surface area contributed by atoms with Crippen LogP contribution in [0.15, 0.2) is 35.3 Å². The maximum atomic E-state index is 13.0. The molecule has 4 rings (SSSR count). The first-order valence-corrected chi connectivity index (χ1v) is 9.62. The van der Waals surface area contributed by atoms with Gasteiger partial charge in [-0.3, -0.25) is 13.9 Å². The van der Waals surface area contributed by atoms with Gasteiger partial charge in [-0.2, -0.15) is 0 Å². The summed E-state index contributed by atoms with van der Waals surface area (Å²) in [6, 6.07) is 6.06. The van der Waals surface area contributed by atoms with E-state index in [1.807, 2.05) is 19.2 Å². The zero-order valence-electron chi connectivity index (χ0n) is 16.0. The molecular weight excluding hydrogens is 342 g/mol. The van der Waals surface area contributed by atoms with Gasteiger partial charge in [-0.1, -0.05) is 12.6 Å². The summed E-state index contributed by atoms with van der Waals surface area (Å²) >= 11 is 0. The van der Waals surface area contributed by atoms with E-state index in [4.69, 9.17) is 0 Å². The van der Waals surface area contributed by atoms with E-state index in [1.165, 1.54) is 0 Å². The Kier molecular flexibility index (Phi) is 4.55. The summed E-state index contributed by atoms with van der Waals surface area (Å²) in [6.07, 6.45) is 3.45. The monoisotopic (exact) mass is 369 g/mol. The molecule has 0 bridgehead atoms. The number of fused-ring (bicyclic) bond motifs is 1. The number of amides is 1. The number of anilines is 1. The van der Waals surface area contributed by atoms with E-state index in [-0.39, 0.29) is 11.6 Å². The molecule has 3 heterocycles. The third-order valence-corrected chi connectivity index (χ3v) is 5.96. The lowest BCUT2D eigenvalue weighted by Crippen LogP contribution is -2.41. The van der Waals surface area contributed by atoms with Crippen molar-refractivity contribution >= 4 is 22.6 Å². The summed E-state index contributed by atoms with van der Waals surface area (Å²) < 4.78 is 3.34. The van der Waals surface area contributed by atoms with Gasteiger partial charge < -0.3 is 15.5 Å². The minimum atomic E-state index is -0.489. The van der Waals surface area contributed by atoms with Crippen molar-refractivity contribution in [2.45, 2.75) is 37.8 Å². The molecule has 2 aliphatic rings. The van der Waals surface area contributed by atoms with Crippen LogP contribution >= 0.6 is 0 Å². The predicted octanol–water partition coefficient (Wildman–Crippen LogP) is 1.49. The van der Waals surface area contributed by atoms with E-state index >= 15 is 0 Å². The SMILES string of the molecule is C=C1CCC(n2c(=O)n(C)c3c(N4CCC(NC)CC4)cccc32)C(=O)N1. The fourth-order valence-corrected chi connectivity index (χ4v) is 4.39. The Morgan fingerprint density at radius 1 is 1.19 bits per heavy atom. The Morgan fingerprint density at radius 2 is 1.93 bits per heavy atom. The summed E-state index contributed by atoms with van der Waals surface area (Å²) in [6.45, 7) is 5.74. The van der Waals surface area contributed by atoms with E-state index in [2.05, 4.69) is 28.2 Å². The van der Waals surface area contributed by atoms with Crippen LogP contribution in [-0.2, 0) is 11.8 Å². The first-order valence-electron chi connectivity index (χ1n) is 9.62. The fraction of sp³-hybridized carbons (Fsp3) is 0.500. The number of piperidine rings is 2. The van der Waals surface area contributed by atoms with Gasteiger partial charge in [0.25, 0.3) is 0 Å². The Bertz CT molecular complexity index is 949. The van der Waals surface area contributed by atoms with E-state index in [1.54, 1.807) is 16.2 Å². The first-order chi connectivity index (χ1) is 13.0. The molecule has 2 aliphatic heterocycles. The second kappa shape index (κ2) is 6.88. The number of benzene rings is 1. The number of aryl methyl sites for hydroxylation is 1. The van der Waals surface area contributed by atoms with Gasteiger partial charge in [-0.25, -0.2) is 4.79 Å². The number of allylic oxidation sites excluding steroid dienone is 1. The average molecular weight is 369 g/mol. The van der Waals surface area contributed by atoms with Crippen molar-refractivity contribution in [1.82, 2.24) is 19.8 Å². The fourth-order valence-electron chi connectivity index (χ4n) is 4.39. The Labute approximate surface area is 158 Å². The number of nitrogens with zero attached hydrogens (tertiary/aromatic N) is 3. The summed E-state index contributed by atoms with van der Waals surface area (Å²) in [4.78, 5) is 27.9. The molecule has 144 valence electrons. The third-order valence-electron chi connectivity index (χ3n) is 5.96. The van der Waals surface area contributed by atoms with E-state index in [0.29, 0.717) is 18.9 Å². The first kappa shape index (κ1) is 17.9. The maximum absolute atomic E-state index is 13.0. The standard InChI is InChI=1S/C20H27N5O2/c1-13-7-8-17(19(26)22-13)25-16-6-4-5-15(18(16)23(3)20(25)27)24-11-9-14(21-2)10-12-24/h4-6,14,17,21H,1,7-12H2,2-3H3,(H,22,26). The zero-order chi connectivity index (χ0) is 19.1. The van der Waals surface area contributed by atoms with Crippen molar-refractivity contribution in [2.75, 3.05) is 25.0 Å². The molecule has 1 atom stereocenters. The number of carbonyl (C=O) groups is 1. The molecule has 27 heavy (non-hydrogen) atoms. The van der Waals surface area contributed by atoms with Crippen LogP contribution in [0, 0.1) is 0 Å². The quantitative estimate of drug-likeness (QED) is 0.860. The van der Waals surface area contributed by atoms with Crippen LogP contribution in [0.4, 0.5) is 5.69 Å². The van der Waals surface area contributed by atoms with Crippen molar-refractivity contribution < 1.29 is 4.79 Å². The number of imidazole rings is 1. The van der Waals surface area contributed by atoms with E-state index in [0.717, 1.165) is 48.3 Å². The summed E-state index contributed by atoms with van der Waals surface area (Å²) in [7, 11) is 3.80. The van der Waals surface area contributed by atoms with Gasteiger partial charge in [0.15, 0.2) is 0 Å². The lowest BCUT2D eigenvalue weighted by atomic mass is 10.0. The number of aromatic nitrogens is 2. The number of hydrogen-bond acceptors (Lipinski definition) is 4. The van der Waals surface area contributed by atoms with E-state index in [9.17, 15) is 9.59 Å². The van der Waals surface area contributed by atoms with Gasteiger partial charge >= 0.3 is 5.69 Å². The van der Waals surface area contributed by atoms with Crippen molar-refractivity contribution in [1.29, 1.82) is 0 Å². The number of nitrogens with one attached hydrogen (secondary N) is 2. The highest BCUT2D eigenvalue weighted by Crippen LogP contribution is 2.31. The molecule has 2 aromatic rings. The summed E-state index contributed by atoms with van der Waals surface area (Å²) in [5, 5.41) is 6.15. The van der Waals surface area contributed by atoms with Gasteiger partial charge in [-0.05, 0) is 44.9 Å². The molecule has 2 N–H and O–H groups in total. The van der Waals surface area contributed by atoms with Crippen molar-refractivity contribution in [3.8, 4) is 0 Å². The normalized spacial score (nSPS) is 21.7. The number of para-hydroxylation sites is 1. The second-order valence-electron chi connectivity index (χ2n) is 7.55. The third kappa shape index (κ3) is 2.96. The largest absolute Gasteiger partial charge is 0.370 e. The molecule has 7 nitrogen and oxygen atoms in total. The molecule has 2 saturated heterocycles. The van der Waals surface area contributed by atoms with Gasteiger partial charge in [0.05, 0.1) is 16.7 Å². The molecular formula is C20H27N5O2.